The van der Waals surface area contributed by atoms with Crippen molar-refractivity contribution in [3.05, 3.63) is 75.1 Å². The van der Waals surface area contributed by atoms with Gasteiger partial charge in [-0.1, -0.05) is 17.7 Å². The highest BCUT2D eigenvalue weighted by molar-refractivity contribution is 9.10. The molecule has 34 heavy (non-hydrogen) atoms. The van der Waals surface area contributed by atoms with Crippen molar-refractivity contribution in [2.75, 3.05) is 0 Å². The third-order valence-electron chi connectivity index (χ3n) is 4.42. The van der Waals surface area contributed by atoms with E-state index >= 15 is 0 Å². The average molecular weight is 568 g/mol. The fourth-order valence-electron chi connectivity index (χ4n) is 2.87. The van der Waals surface area contributed by atoms with Gasteiger partial charge in [-0.2, -0.15) is 31.3 Å². The second kappa shape index (κ2) is 8.95. The average Bonchev–Trinajstić information content (AvgIpc) is 3.13. The molecule has 0 atom stereocenters. The van der Waals surface area contributed by atoms with Gasteiger partial charge in [-0.3, -0.25) is 4.40 Å². The first-order valence-corrected chi connectivity index (χ1v) is 10.3. The fourth-order valence-corrected chi connectivity index (χ4v) is 3.45. The van der Waals surface area contributed by atoms with Gasteiger partial charge in [0.1, 0.15) is 18.1 Å². The van der Waals surface area contributed by atoms with E-state index in [4.69, 9.17) is 21.1 Å². The summed E-state index contributed by atoms with van der Waals surface area (Å²) in [7, 11) is 0. The molecule has 2 heterocycles. The number of ether oxygens (including phenoxy) is 2. The third kappa shape index (κ3) is 5.20. The number of rotatable bonds is 5. The van der Waals surface area contributed by atoms with E-state index in [9.17, 15) is 26.3 Å². The van der Waals surface area contributed by atoms with Crippen LogP contribution in [-0.2, 0) is 19.0 Å². The molecule has 0 fully saturated rings. The van der Waals surface area contributed by atoms with E-state index in [1.807, 2.05) is 0 Å². The quantitative estimate of drug-likeness (QED) is 0.244. The molecule has 0 saturated carbocycles. The highest BCUT2D eigenvalue weighted by Crippen LogP contribution is 2.41. The van der Waals surface area contributed by atoms with Gasteiger partial charge in [0.25, 0.3) is 5.78 Å². The standard InChI is InChI=1S/C20H10BrClF6N4O2/c21-17-30-31-18-29-16(5-6-32(17)18)33-9-10-1-4-15(13(7-10)20(26,27)28)34-11-2-3-14(22)12(8-11)19(23,24)25/h1-8H,9H2. The lowest BCUT2D eigenvalue weighted by atomic mass is 10.1. The van der Waals surface area contributed by atoms with E-state index < -0.39 is 40.0 Å². The van der Waals surface area contributed by atoms with Crippen molar-refractivity contribution >= 4 is 33.3 Å². The van der Waals surface area contributed by atoms with Crippen LogP contribution in [0, 0.1) is 0 Å². The number of nitrogens with zero attached hydrogens (tertiary/aromatic N) is 4. The van der Waals surface area contributed by atoms with Gasteiger partial charge in [0.05, 0.1) is 16.1 Å². The van der Waals surface area contributed by atoms with Crippen molar-refractivity contribution in [2.24, 2.45) is 0 Å². The minimum absolute atomic E-state index is 0.0992. The molecule has 0 spiro atoms. The van der Waals surface area contributed by atoms with Crippen LogP contribution in [0.1, 0.15) is 16.7 Å². The number of alkyl halides is 6. The Bertz CT molecular complexity index is 1360. The summed E-state index contributed by atoms with van der Waals surface area (Å²) in [4.78, 5) is 4.08. The molecule has 0 amide bonds. The smallest absolute Gasteiger partial charge is 0.419 e. The molecule has 4 rings (SSSR count). The van der Waals surface area contributed by atoms with Gasteiger partial charge in [0, 0.05) is 12.3 Å². The number of aromatic nitrogens is 4. The molecule has 6 nitrogen and oxygen atoms in total. The zero-order valence-corrected chi connectivity index (χ0v) is 18.8. The third-order valence-corrected chi connectivity index (χ3v) is 5.29. The predicted octanol–water partition coefficient (Wildman–Crippen LogP) is 6.95. The lowest BCUT2D eigenvalue weighted by molar-refractivity contribution is -0.139. The number of hydrogen-bond acceptors (Lipinski definition) is 5. The van der Waals surface area contributed by atoms with Crippen LogP contribution in [0.15, 0.2) is 53.4 Å². The van der Waals surface area contributed by atoms with Crippen molar-refractivity contribution in [2.45, 2.75) is 19.0 Å². The highest BCUT2D eigenvalue weighted by Gasteiger charge is 2.36. The molecular weight excluding hydrogens is 558 g/mol. The zero-order chi connectivity index (χ0) is 24.7. The Morgan fingerprint density at radius 1 is 0.912 bits per heavy atom. The van der Waals surface area contributed by atoms with Crippen LogP contribution in [-0.4, -0.2) is 19.6 Å². The van der Waals surface area contributed by atoms with Crippen molar-refractivity contribution in [1.82, 2.24) is 19.6 Å². The van der Waals surface area contributed by atoms with Gasteiger partial charge in [0.15, 0.2) is 0 Å². The lowest BCUT2D eigenvalue weighted by Gasteiger charge is -2.16. The first-order valence-electron chi connectivity index (χ1n) is 9.16. The molecule has 0 bridgehead atoms. The van der Waals surface area contributed by atoms with E-state index in [1.165, 1.54) is 16.5 Å². The van der Waals surface area contributed by atoms with Gasteiger partial charge in [-0.15, -0.1) is 10.2 Å². The van der Waals surface area contributed by atoms with Crippen LogP contribution >= 0.6 is 27.5 Å². The second-order valence-corrected chi connectivity index (χ2v) is 7.88. The summed E-state index contributed by atoms with van der Waals surface area (Å²) in [5.41, 5.74) is -2.30. The molecule has 4 aromatic rings. The van der Waals surface area contributed by atoms with Gasteiger partial charge < -0.3 is 9.47 Å². The highest BCUT2D eigenvalue weighted by atomic mass is 79.9. The normalized spacial score (nSPS) is 12.2. The summed E-state index contributed by atoms with van der Waals surface area (Å²) in [6, 6.07) is 7.01. The van der Waals surface area contributed by atoms with Gasteiger partial charge in [-0.25, -0.2) is 0 Å². The Morgan fingerprint density at radius 3 is 2.35 bits per heavy atom. The molecule has 0 N–H and O–H groups in total. The predicted molar refractivity (Wildman–Crippen MR) is 111 cm³/mol. The van der Waals surface area contributed by atoms with Crippen molar-refractivity contribution in [3.63, 3.8) is 0 Å². The Labute approximate surface area is 200 Å². The van der Waals surface area contributed by atoms with Gasteiger partial charge in [0.2, 0.25) is 10.6 Å². The SMILES string of the molecule is FC(F)(F)c1cc(Oc2ccc(COc3ccn4c(Br)nnc4n3)cc2C(F)(F)F)ccc1Cl. The Kier molecular flexibility index (Phi) is 6.34. The molecular formula is C20H10BrClF6N4O2. The van der Waals surface area contributed by atoms with Crippen LogP contribution in [0.3, 0.4) is 0 Å². The summed E-state index contributed by atoms with van der Waals surface area (Å²) >= 11 is 8.71. The summed E-state index contributed by atoms with van der Waals surface area (Å²) in [5.74, 6) is -0.824. The summed E-state index contributed by atoms with van der Waals surface area (Å²) < 4.78 is 92.6. The molecule has 0 unspecified atom stereocenters. The van der Waals surface area contributed by atoms with Crippen molar-refractivity contribution in [1.29, 1.82) is 0 Å². The number of benzene rings is 2. The summed E-state index contributed by atoms with van der Waals surface area (Å²) in [6.45, 7) is -0.277. The van der Waals surface area contributed by atoms with Crippen LogP contribution in [0.5, 0.6) is 17.4 Å². The van der Waals surface area contributed by atoms with Crippen LogP contribution in [0.4, 0.5) is 26.3 Å². The lowest BCUT2D eigenvalue weighted by Crippen LogP contribution is -2.09. The van der Waals surface area contributed by atoms with Crippen molar-refractivity contribution in [3.8, 4) is 17.4 Å². The number of halogens is 8. The molecule has 0 radical (unpaired) electrons. The van der Waals surface area contributed by atoms with E-state index in [0.29, 0.717) is 10.8 Å². The Hall–Kier alpha value is -3.06. The monoisotopic (exact) mass is 566 g/mol. The first kappa shape index (κ1) is 24.1. The fraction of sp³-hybridized carbons (Fsp3) is 0.150. The van der Waals surface area contributed by atoms with Crippen LogP contribution < -0.4 is 9.47 Å². The maximum atomic E-state index is 13.6. The minimum Gasteiger partial charge on any atom is -0.473 e. The summed E-state index contributed by atoms with van der Waals surface area (Å²) in [5, 5.41) is 6.95. The Morgan fingerprint density at radius 2 is 1.65 bits per heavy atom. The number of hydrogen-bond donors (Lipinski definition) is 0. The maximum Gasteiger partial charge on any atom is 0.419 e. The zero-order valence-electron chi connectivity index (χ0n) is 16.5. The number of fused-ring (bicyclic) bond motifs is 1. The molecule has 14 heteroatoms. The molecule has 2 aromatic carbocycles. The van der Waals surface area contributed by atoms with E-state index in [-0.39, 0.29) is 23.8 Å². The van der Waals surface area contributed by atoms with Crippen molar-refractivity contribution < 1.29 is 35.8 Å². The molecule has 178 valence electrons. The molecule has 0 aliphatic heterocycles. The van der Waals surface area contributed by atoms with E-state index in [1.54, 1.807) is 6.20 Å². The van der Waals surface area contributed by atoms with Gasteiger partial charge in [-0.05, 0) is 51.8 Å². The summed E-state index contributed by atoms with van der Waals surface area (Å²) in [6.07, 6.45) is -8.10. The Balaban J connectivity index is 1.58. The topological polar surface area (TPSA) is 61.5 Å². The van der Waals surface area contributed by atoms with Crippen LogP contribution in [0.25, 0.3) is 5.78 Å². The molecule has 0 saturated heterocycles. The first-order chi connectivity index (χ1) is 15.9. The molecule has 0 aliphatic rings. The largest absolute Gasteiger partial charge is 0.473 e. The van der Waals surface area contributed by atoms with E-state index in [0.717, 1.165) is 24.3 Å². The van der Waals surface area contributed by atoms with Gasteiger partial charge >= 0.3 is 12.4 Å². The second-order valence-electron chi connectivity index (χ2n) is 6.76. The maximum absolute atomic E-state index is 13.6. The van der Waals surface area contributed by atoms with E-state index in [2.05, 4.69) is 31.1 Å². The molecule has 0 aliphatic carbocycles. The van der Waals surface area contributed by atoms with Crippen LogP contribution in [0.2, 0.25) is 5.02 Å². The molecule has 2 aromatic heterocycles. The minimum atomic E-state index is -4.85.